The molecule has 0 saturated heterocycles. The Balaban J connectivity index is 1.72. The number of fused-ring (bicyclic) bond motifs is 1. The van der Waals surface area contributed by atoms with Crippen molar-refractivity contribution in [2.24, 2.45) is 0 Å². The van der Waals surface area contributed by atoms with E-state index in [0.29, 0.717) is 18.0 Å². The van der Waals surface area contributed by atoms with Gasteiger partial charge in [-0.3, -0.25) is 9.59 Å². The van der Waals surface area contributed by atoms with Crippen LogP contribution in [0.2, 0.25) is 0 Å². The molecule has 2 N–H and O–H groups in total. The highest BCUT2D eigenvalue weighted by molar-refractivity contribution is 6.00. The van der Waals surface area contributed by atoms with Crippen LogP contribution in [0.5, 0.6) is 11.5 Å². The van der Waals surface area contributed by atoms with Crippen LogP contribution < -0.4 is 20.1 Å². The summed E-state index contributed by atoms with van der Waals surface area (Å²) in [5.41, 5.74) is 1.57. The lowest BCUT2D eigenvalue weighted by molar-refractivity contribution is -0.117. The number of nitrogens with one attached hydrogen (secondary N) is 2. The third-order valence-electron chi connectivity index (χ3n) is 4.04. The van der Waals surface area contributed by atoms with Gasteiger partial charge in [0.2, 0.25) is 5.91 Å². The molecule has 26 heavy (non-hydrogen) atoms. The van der Waals surface area contributed by atoms with Gasteiger partial charge in [0.1, 0.15) is 23.6 Å². The number of furan rings is 1. The maximum atomic E-state index is 12.5. The van der Waals surface area contributed by atoms with Crippen LogP contribution in [0, 0.1) is 0 Å². The van der Waals surface area contributed by atoms with E-state index in [9.17, 15) is 9.59 Å². The number of hydrogen-bond acceptors (Lipinski definition) is 5. The molecule has 0 unspecified atom stereocenters. The molecule has 1 aliphatic rings. The van der Waals surface area contributed by atoms with E-state index < -0.39 is 11.9 Å². The van der Waals surface area contributed by atoms with E-state index in [1.807, 2.05) is 19.9 Å². The first-order valence-electron chi connectivity index (χ1n) is 8.59. The SMILES string of the molecule is CCOc1cc2c(cc1NC(=O)[C@H](C)NC(=O)c1ccco1)O[C@H](C)C2. The summed E-state index contributed by atoms with van der Waals surface area (Å²) in [6.45, 7) is 5.94. The van der Waals surface area contributed by atoms with Crippen molar-refractivity contribution in [3.05, 3.63) is 41.9 Å². The fraction of sp³-hybridized carbons (Fsp3) is 0.368. The van der Waals surface area contributed by atoms with Gasteiger partial charge in [-0.1, -0.05) is 0 Å². The third-order valence-corrected chi connectivity index (χ3v) is 4.04. The summed E-state index contributed by atoms with van der Waals surface area (Å²) < 4.78 is 16.4. The summed E-state index contributed by atoms with van der Waals surface area (Å²) in [5.74, 6) is 0.663. The van der Waals surface area contributed by atoms with Crippen LogP contribution in [0.15, 0.2) is 34.9 Å². The second-order valence-corrected chi connectivity index (χ2v) is 6.18. The van der Waals surface area contributed by atoms with Crippen molar-refractivity contribution in [2.75, 3.05) is 11.9 Å². The highest BCUT2D eigenvalue weighted by atomic mass is 16.5. The average molecular weight is 358 g/mol. The predicted molar refractivity (Wildman–Crippen MR) is 95.7 cm³/mol. The molecule has 0 aliphatic carbocycles. The molecule has 3 rings (SSSR count). The van der Waals surface area contributed by atoms with Gasteiger partial charge in [0.25, 0.3) is 5.91 Å². The number of carbonyl (C=O) groups is 2. The normalized spacial score (nSPS) is 16.3. The van der Waals surface area contributed by atoms with Crippen molar-refractivity contribution in [1.29, 1.82) is 0 Å². The highest BCUT2D eigenvalue weighted by Gasteiger charge is 2.24. The van der Waals surface area contributed by atoms with Crippen LogP contribution in [0.25, 0.3) is 0 Å². The highest BCUT2D eigenvalue weighted by Crippen LogP contribution is 2.38. The summed E-state index contributed by atoms with van der Waals surface area (Å²) >= 11 is 0. The van der Waals surface area contributed by atoms with Gasteiger partial charge >= 0.3 is 0 Å². The Bertz CT molecular complexity index is 801. The Morgan fingerprint density at radius 1 is 1.38 bits per heavy atom. The second kappa shape index (κ2) is 7.51. The molecule has 7 heteroatoms. The summed E-state index contributed by atoms with van der Waals surface area (Å²) in [4.78, 5) is 24.5. The fourth-order valence-corrected chi connectivity index (χ4v) is 2.79. The van der Waals surface area contributed by atoms with Gasteiger partial charge < -0.3 is 24.5 Å². The van der Waals surface area contributed by atoms with Crippen LogP contribution in [0.4, 0.5) is 5.69 Å². The number of rotatable bonds is 6. The predicted octanol–water partition coefficient (Wildman–Crippen LogP) is 2.76. The molecule has 0 saturated carbocycles. The van der Waals surface area contributed by atoms with E-state index in [-0.39, 0.29) is 17.8 Å². The molecule has 2 aromatic rings. The van der Waals surface area contributed by atoms with E-state index in [1.54, 1.807) is 19.1 Å². The number of benzene rings is 1. The van der Waals surface area contributed by atoms with E-state index in [0.717, 1.165) is 17.7 Å². The van der Waals surface area contributed by atoms with Gasteiger partial charge in [0, 0.05) is 18.1 Å². The molecule has 2 heterocycles. The van der Waals surface area contributed by atoms with E-state index in [4.69, 9.17) is 13.9 Å². The first-order valence-corrected chi connectivity index (χ1v) is 8.59. The maximum Gasteiger partial charge on any atom is 0.287 e. The maximum absolute atomic E-state index is 12.5. The number of hydrogen-bond donors (Lipinski definition) is 2. The minimum absolute atomic E-state index is 0.0944. The van der Waals surface area contributed by atoms with Crippen molar-refractivity contribution in [3.63, 3.8) is 0 Å². The van der Waals surface area contributed by atoms with Gasteiger partial charge in [-0.2, -0.15) is 0 Å². The minimum atomic E-state index is -0.754. The van der Waals surface area contributed by atoms with Gasteiger partial charge in [-0.05, 0) is 39.0 Å². The number of anilines is 1. The third kappa shape index (κ3) is 3.82. The molecule has 2 atom stereocenters. The first-order chi connectivity index (χ1) is 12.5. The standard InChI is InChI=1S/C19H22N2O5/c1-4-24-17-9-13-8-11(2)26-16(13)10-14(17)21-18(22)12(3)20-19(23)15-6-5-7-25-15/h5-7,9-12H,4,8H2,1-3H3,(H,20,23)(H,21,22)/t11-,12+/m1/s1. The molecular weight excluding hydrogens is 336 g/mol. The van der Waals surface area contributed by atoms with Crippen LogP contribution in [0.3, 0.4) is 0 Å². The fourth-order valence-electron chi connectivity index (χ4n) is 2.79. The summed E-state index contributed by atoms with van der Waals surface area (Å²) in [5, 5.41) is 5.40. The molecule has 0 fully saturated rings. The molecule has 7 nitrogen and oxygen atoms in total. The molecule has 0 bridgehead atoms. The Hall–Kier alpha value is -2.96. The lowest BCUT2D eigenvalue weighted by Gasteiger charge is -2.17. The summed E-state index contributed by atoms with van der Waals surface area (Å²) in [6, 6.07) is 6.05. The number of carbonyl (C=O) groups excluding carboxylic acids is 2. The van der Waals surface area contributed by atoms with Gasteiger partial charge in [0.05, 0.1) is 18.6 Å². The minimum Gasteiger partial charge on any atom is -0.492 e. The topological polar surface area (TPSA) is 89.8 Å². The van der Waals surface area contributed by atoms with Gasteiger partial charge in [-0.15, -0.1) is 0 Å². The quantitative estimate of drug-likeness (QED) is 0.829. The zero-order valence-corrected chi connectivity index (χ0v) is 15.0. The molecule has 1 aliphatic heterocycles. The van der Waals surface area contributed by atoms with E-state index in [1.165, 1.54) is 12.3 Å². The average Bonchev–Trinajstić information content (AvgIpc) is 3.23. The number of ether oxygens (including phenoxy) is 2. The van der Waals surface area contributed by atoms with Crippen LogP contribution in [0.1, 0.15) is 36.9 Å². The van der Waals surface area contributed by atoms with Crippen molar-refractivity contribution < 1.29 is 23.5 Å². The Morgan fingerprint density at radius 3 is 2.88 bits per heavy atom. The zero-order chi connectivity index (χ0) is 18.7. The lowest BCUT2D eigenvalue weighted by atomic mass is 10.1. The molecule has 138 valence electrons. The van der Waals surface area contributed by atoms with Crippen molar-refractivity contribution in [3.8, 4) is 11.5 Å². The monoisotopic (exact) mass is 358 g/mol. The van der Waals surface area contributed by atoms with Crippen LogP contribution in [-0.4, -0.2) is 30.6 Å². The van der Waals surface area contributed by atoms with Gasteiger partial charge in [-0.25, -0.2) is 0 Å². The molecule has 1 aromatic carbocycles. The first kappa shape index (κ1) is 17.8. The summed E-state index contributed by atoms with van der Waals surface area (Å²) in [6.07, 6.45) is 2.30. The molecular formula is C19H22N2O5. The smallest absolute Gasteiger partial charge is 0.287 e. The van der Waals surface area contributed by atoms with Gasteiger partial charge in [0.15, 0.2) is 5.76 Å². The van der Waals surface area contributed by atoms with Crippen molar-refractivity contribution >= 4 is 17.5 Å². The van der Waals surface area contributed by atoms with E-state index in [2.05, 4.69) is 10.6 Å². The Labute approximate surface area is 151 Å². The Morgan fingerprint density at radius 2 is 2.19 bits per heavy atom. The van der Waals surface area contributed by atoms with Crippen molar-refractivity contribution in [2.45, 2.75) is 39.3 Å². The Kier molecular flexibility index (Phi) is 5.16. The van der Waals surface area contributed by atoms with Crippen molar-refractivity contribution in [1.82, 2.24) is 5.32 Å². The molecule has 2 amide bonds. The molecule has 0 radical (unpaired) electrons. The zero-order valence-electron chi connectivity index (χ0n) is 15.0. The van der Waals surface area contributed by atoms with Crippen LogP contribution >= 0.6 is 0 Å². The lowest BCUT2D eigenvalue weighted by Crippen LogP contribution is -2.41. The summed E-state index contributed by atoms with van der Waals surface area (Å²) in [7, 11) is 0. The second-order valence-electron chi connectivity index (χ2n) is 6.18. The van der Waals surface area contributed by atoms with Crippen LogP contribution in [-0.2, 0) is 11.2 Å². The van der Waals surface area contributed by atoms with E-state index >= 15 is 0 Å². The number of amides is 2. The largest absolute Gasteiger partial charge is 0.492 e. The molecule has 1 aromatic heterocycles. The molecule has 0 spiro atoms.